The molecule has 8 heteroatoms. The van der Waals surface area contributed by atoms with Gasteiger partial charge in [0, 0.05) is 33.9 Å². The van der Waals surface area contributed by atoms with Gasteiger partial charge in [0.1, 0.15) is 0 Å². The minimum Gasteiger partial charge on any atom is -0.381 e. The molecule has 0 atom stereocenters. The van der Waals surface area contributed by atoms with Crippen LogP contribution >= 0.6 is 26.6 Å². The maximum absolute atomic E-state index is 12.0. The Hall–Kier alpha value is -0.630. The van der Waals surface area contributed by atoms with Crippen molar-refractivity contribution in [1.82, 2.24) is 5.32 Å². The lowest BCUT2D eigenvalue weighted by Crippen LogP contribution is -2.47. The third-order valence-electron chi connectivity index (χ3n) is 3.22. The second-order valence-electron chi connectivity index (χ2n) is 4.58. The zero-order valence-corrected chi connectivity index (χ0v) is 13.8. The minimum absolute atomic E-state index is 0.0622. The molecule has 0 heterocycles. The lowest BCUT2D eigenvalue weighted by Gasteiger charge is -2.34. The van der Waals surface area contributed by atoms with Crippen molar-refractivity contribution in [1.29, 1.82) is 0 Å². The molecule has 0 unspecified atom stereocenters. The second-order valence-corrected chi connectivity index (χ2v) is 7.97. The van der Waals surface area contributed by atoms with Crippen molar-refractivity contribution >= 4 is 41.6 Å². The molecule has 1 saturated carbocycles. The van der Waals surface area contributed by atoms with Crippen LogP contribution < -0.4 is 5.32 Å². The maximum Gasteiger partial charge on any atom is 0.262 e. The summed E-state index contributed by atoms with van der Waals surface area (Å²) in [6, 6.07) is 4.35. The molecule has 0 spiro atoms. The Kier molecular flexibility index (Phi) is 4.73. The molecule has 1 N–H and O–H groups in total. The van der Waals surface area contributed by atoms with Crippen molar-refractivity contribution < 1.29 is 17.9 Å². The third-order valence-corrected chi connectivity index (χ3v) is 5.54. The molecule has 1 aliphatic rings. The van der Waals surface area contributed by atoms with Gasteiger partial charge < -0.3 is 10.1 Å². The van der Waals surface area contributed by atoms with Crippen molar-refractivity contribution in [3.8, 4) is 0 Å². The topological polar surface area (TPSA) is 72.5 Å². The molecule has 2 rings (SSSR count). The van der Waals surface area contributed by atoms with Crippen LogP contribution in [-0.2, 0) is 13.8 Å². The Balaban J connectivity index is 2.11. The molecule has 1 aliphatic carbocycles. The molecule has 110 valence electrons. The van der Waals surface area contributed by atoms with Gasteiger partial charge in [-0.2, -0.15) is 0 Å². The van der Waals surface area contributed by atoms with E-state index in [-0.39, 0.29) is 28.5 Å². The average Bonchev–Trinajstić information content (AvgIpc) is 2.32. The SMILES string of the molecule is COC1CC(NC(=O)c2ccc(Br)c(S(=O)(=O)Cl)c2)C1. The van der Waals surface area contributed by atoms with Crippen LogP contribution in [0.15, 0.2) is 27.6 Å². The number of hydrogen-bond donors (Lipinski definition) is 1. The summed E-state index contributed by atoms with van der Waals surface area (Å²) in [6.07, 6.45) is 1.71. The highest BCUT2D eigenvalue weighted by Crippen LogP contribution is 2.27. The number of halogens is 2. The van der Waals surface area contributed by atoms with Crippen LogP contribution in [0, 0.1) is 0 Å². The summed E-state index contributed by atoms with van der Waals surface area (Å²) in [4.78, 5) is 11.9. The fourth-order valence-corrected chi connectivity index (χ4v) is 4.09. The highest BCUT2D eigenvalue weighted by atomic mass is 79.9. The summed E-state index contributed by atoms with van der Waals surface area (Å²) < 4.78 is 28.2. The van der Waals surface area contributed by atoms with Gasteiger partial charge in [-0.15, -0.1) is 0 Å². The van der Waals surface area contributed by atoms with E-state index in [0.29, 0.717) is 4.47 Å². The number of carbonyl (C=O) groups excluding carboxylic acids is 1. The van der Waals surface area contributed by atoms with Gasteiger partial charge in [-0.3, -0.25) is 4.79 Å². The number of benzene rings is 1. The Morgan fingerprint density at radius 3 is 2.65 bits per heavy atom. The molecular weight excluding hydrogens is 370 g/mol. The molecular formula is C12H13BrClNO4S. The van der Waals surface area contributed by atoms with Gasteiger partial charge in [-0.05, 0) is 47.0 Å². The standard InChI is InChI=1S/C12H13BrClNO4S/c1-19-9-5-8(6-9)15-12(16)7-2-3-10(13)11(4-7)20(14,17)18/h2-4,8-9H,5-6H2,1H3,(H,15,16). The first-order valence-corrected chi connectivity index (χ1v) is 8.99. The number of rotatable bonds is 4. The number of methoxy groups -OCH3 is 1. The van der Waals surface area contributed by atoms with Gasteiger partial charge in [-0.25, -0.2) is 8.42 Å². The number of hydrogen-bond acceptors (Lipinski definition) is 4. The molecule has 0 saturated heterocycles. The van der Waals surface area contributed by atoms with Crippen molar-refractivity contribution in [3.63, 3.8) is 0 Å². The molecule has 0 aliphatic heterocycles. The first-order valence-electron chi connectivity index (χ1n) is 5.89. The van der Waals surface area contributed by atoms with E-state index in [1.165, 1.54) is 18.2 Å². The smallest absolute Gasteiger partial charge is 0.262 e. The van der Waals surface area contributed by atoms with E-state index >= 15 is 0 Å². The highest BCUT2D eigenvalue weighted by molar-refractivity contribution is 9.10. The first kappa shape index (κ1) is 15.8. The Morgan fingerprint density at radius 2 is 2.10 bits per heavy atom. The quantitative estimate of drug-likeness (QED) is 0.811. The molecule has 5 nitrogen and oxygen atoms in total. The Morgan fingerprint density at radius 1 is 1.45 bits per heavy atom. The molecule has 0 radical (unpaired) electrons. The number of carbonyl (C=O) groups is 1. The van der Waals surface area contributed by atoms with Crippen LogP contribution in [0.5, 0.6) is 0 Å². The molecule has 1 amide bonds. The van der Waals surface area contributed by atoms with E-state index in [1.807, 2.05) is 0 Å². The maximum atomic E-state index is 12.0. The molecule has 1 aromatic carbocycles. The highest BCUT2D eigenvalue weighted by Gasteiger charge is 2.30. The van der Waals surface area contributed by atoms with Gasteiger partial charge in [0.15, 0.2) is 0 Å². The summed E-state index contributed by atoms with van der Waals surface area (Å²) >= 11 is 3.10. The molecule has 0 bridgehead atoms. The fraction of sp³-hybridized carbons (Fsp3) is 0.417. The summed E-state index contributed by atoms with van der Waals surface area (Å²) in [5.74, 6) is -0.321. The summed E-state index contributed by atoms with van der Waals surface area (Å²) in [5, 5.41) is 2.82. The van der Waals surface area contributed by atoms with Crippen molar-refractivity contribution in [3.05, 3.63) is 28.2 Å². The largest absolute Gasteiger partial charge is 0.381 e. The molecule has 20 heavy (non-hydrogen) atoms. The fourth-order valence-electron chi connectivity index (χ4n) is 1.98. The van der Waals surface area contributed by atoms with Gasteiger partial charge >= 0.3 is 0 Å². The molecule has 1 fully saturated rings. The van der Waals surface area contributed by atoms with Gasteiger partial charge in [0.25, 0.3) is 15.0 Å². The summed E-state index contributed by atoms with van der Waals surface area (Å²) in [5.41, 5.74) is 0.258. The van der Waals surface area contributed by atoms with Gasteiger partial charge in [-0.1, -0.05) is 0 Å². The predicted octanol–water partition coefficient (Wildman–Crippen LogP) is 2.28. The second kappa shape index (κ2) is 6.01. The van der Waals surface area contributed by atoms with Crippen LogP contribution in [-0.4, -0.2) is 33.6 Å². The van der Waals surface area contributed by atoms with E-state index in [1.54, 1.807) is 7.11 Å². The Bertz CT molecular complexity index is 628. The van der Waals surface area contributed by atoms with E-state index in [9.17, 15) is 13.2 Å². The van der Waals surface area contributed by atoms with E-state index in [4.69, 9.17) is 15.4 Å². The average molecular weight is 383 g/mol. The van der Waals surface area contributed by atoms with Crippen LogP contribution in [0.4, 0.5) is 0 Å². The lowest BCUT2D eigenvalue weighted by atomic mass is 9.89. The van der Waals surface area contributed by atoms with Crippen molar-refractivity contribution in [2.75, 3.05) is 7.11 Å². The number of amides is 1. The van der Waals surface area contributed by atoms with E-state index < -0.39 is 9.05 Å². The number of nitrogens with one attached hydrogen (secondary N) is 1. The summed E-state index contributed by atoms with van der Waals surface area (Å²) in [6.45, 7) is 0. The van der Waals surface area contributed by atoms with E-state index in [2.05, 4.69) is 21.2 Å². The van der Waals surface area contributed by atoms with Crippen LogP contribution in [0.2, 0.25) is 0 Å². The zero-order valence-electron chi connectivity index (χ0n) is 10.6. The Labute approximate surface area is 130 Å². The predicted molar refractivity (Wildman–Crippen MR) is 78.5 cm³/mol. The van der Waals surface area contributed by atoms with Gasteiger partial charge in [0.2, 0.25) is 0 Å². The number of ether oxygens (including phenoxy) is 1. The molecule has 1 aromatic rings. The molecule has 0 aromatic heterocycles. The first-order chi connectivity index (χ1) is 9.31. The monoisotopic (exact) mass is 381 g/mol. The van der Waals surface area contributed by atoms with Crippen molar-refractivity contribution in [2.24, 2.45) is 0 Å². The van der Waals surface area contributed by atoms with Crippen LogP contribution in [0.25, 0.3) is 0 Å². The van der Waals surface area contributed by atoms with Gasteiger partial charge in [0.05, 0.1) is 11.0 Å². The van der Waals surface area contributed by atoms with E-state index in [0.717, 1.165) is 12.8 Å². The van der Waals surface area contributed by atoms with Crippen LogP contribution in [0.1, 0.15) is 23.2 Å². The third kappa shape index (κ3) is 3.52. The van der Waals surface area contributed by atoms with Crippen molar-refractivity contribution in [2.45, 2.75) is 29.9 Å². The normalized spacial score (nSPS) is 22.1. The van der Waals surface area contributed by atoms with Crippen LogP contribution in [0.3, 0.4) is 0 Å². The minimum atomic E-state index is -3.90. The lowest BCUT2D eigenvalue weighted by molar-refractivity contribution is 0.0176. The zero-order chi connectivity index (χ0) is 14.9. The summed E-state index contributed by atoms with van der Waals surface area (Å²) in [7, 11) is 3.05.